The van der Waals surface area contributed by atoms with Gasteiger partial charge >= 0.3 is 0 Å². The van der Waals surface area contributed by atoms with Crippen molar-refractivity contribution in [1.82, 2.24) is 10.6 Å². The van der Waals surface area contributed by atoms with Crippen molar-refractivity contribution in [2.45, 2.75) is 10.7 Å². The van der Waals surface area contributed by atoms with Crippen molar-refractivity contribution in [3.8, 4) is 0 Å². The molecule has 4 rings (SSSR count). The largest absolute Gasteiger partial charge is 0.359 e. The van der Waals surface area contributed by atoms with Gasteiger partial charge in [-0.1, -0.05) is 167 Å². The molecular formula is C28H24N2S4. The third-order valence-electron chi connectivity index (χ3n) is 5.05. The smallest absolute Gasteiger partial charge is 0.109 e. The second kappa shape index (κ2) is 12.7. The lowest BCUT2D eigenvalue weighted by Gasteiger charge is -2.24. The Balaban J connectivity index is 1.53. The van der Waals surface area contributed by atoms with E-state index in [0.717, 1.165) is 32.2 Å². The lowest BCUT2D eigenvalue weighted by Crippen LogP contribution is -2.27. The fourth-order valence-electron chi connectivity index (χ4n) is 3.28. The van der Waals surface area contributed by atoms with Gasteiger partial charge in [-0.25, -0.2) is 0 Å². The molecule has 0 aliphatic rings. The summed E-state index contributed by atoms with van der Waals surface area (Å²) < 4.78 is 0. The van der Waals surface area contributed by atoms with Crippen molar-refractivity contribution in [2.24, 2.45) is 0 Å². The lowest BCUT2D eigenvalue weighted by atomic mass is 10.2. The number of nitrogens with one attached hydrogen (secondary N) is 2. The molecule has 2 N–H and O–H groups in total. The molecule has 0 aliphatic heterocycles. The van der Waals surface area contributed by atoms with Crippen LogP contribution in [0.25, 0.3) is 0 Å². The van der Waals surface area contributed by atoms with E-state index in [2.05, 4.69) is 59.2 Å². The summed E-state index contributed by atoms with van der Waals surface area (Å²) in [7, 11) is 3.47. The molecule has 6 heteroatoms. The number of hydrogen-bond acceptors (Lipinski definition) is 4. The van der Waals surface area contributed by atoms with Crippen molar-refractivity contribution in [1.29, 1.82) is 0 Å². The lowest BCUT2D eigenvalue weighted by molar-refractivity contribution is 0.896. The molecule has 34 heavy (non-hydrogen) atoms. The first kappa shape index (κ1) is 24.5. The predicted molar refractivity (Wildman–Crippen MR) is 156 cm³/mol. The van der Waals surface area contributed by atoms with Crippen LogP contribution in [0.15, 0.2) is 121 Å². The molecule has 4 aromatic rings. The van der Waals surface area contributed by atoms with Gasteiger partial charge in [0.05, 0.1) is 0 Å². The van der Waals surface area contributed by atoms with Crippen molar-refractivity contribution >= 4 is 56.0 Å². The van der Waals surface area contributed by atoms with E-state index in [1.807, 2.05) is 72.8 Å². The van der Waals surface area contributed by atoms with Crippen LogP contribution in [0.1, 0.15) is 33.0 Å². The van der Waals surface area contributed by atoms with Gasteiger partial charge in [-0.3, -0.25) is 0 Å². The van der Waals surface area contributed by atoms with Gasteiger partial charge in [0.2, 0.25) is 0 Å². The minimum Gasteiger partial charge on any atom is -0.359 e. The quantitative estimate of drug-likeness (QED) is 0.134. The van der Waals surface area contributed by atoms with Crippen LogP contribution in [0.2, 0.25) is 0 Å². The molecule has 2 nitrogen and oxygen atoms in total. The SMILES string of the molecule is S=C(NC(SSC(NC(=S)c1ccccc1)c1ccccc1)c1ccccc1)c1ccccc1. The molecule has 0 fully saturated rings. The monoisotopic (exact) mass is 516 g/mol. The highest BCUT2D eigenvalue weighted by Crippen LogP contribution is 2.44. The van der Waals surface area contributed by atoms with E-state index in [1.165, 1.54) is 0 Å². The number of rotatable bonds is 9. The van der Waals surface area contributed by atoms with Crippen LogP contribution in [0, 0.1) is 0 Å². The van der Waals surface area contributed by atoms with E-state index in [-0.39, 0.29) is 10.7 Å². The van der Waals surface area contributed by atoms with Gasteiger partial charge in [0.25, 0.3) is 0 Å². The Morgan fingerprint density at radius 1 is 0.471 bits per heavy atom. The number of thiocarbonyl (C=S) groups is 2. The fourth-order valence-corrected chi connectivity index (χ4v) is 6.65. The summed E-state index contributed by atoms with van der Waals surface area (Å²) >= 11 is 11.5. The van der Waals surface area contributed by atoms with Crippen molar-refractivity contribution in [3.05, 3.63) is 144 Å². The highest BCUT2D eigenvalue weighted by Gasteiger charge is 2.20. The summed E-state index contributed by atoms with van der Waals surface area (Å²) in [6.45, 7) is 0. The maximum Gasteiger partial charge on any atom is 0.109 e. The molecule has 0 saturated heterocycles. The van der Waals surface area contributed by atoms with E-state index in [0.29, 0.717) is 0 Å². The zero-order valence-electron chi connectivity index (χ0n) is 18.3. The maximum atomic E-state index is 5.73. The van der Waals surface area contributed by atoms with Crippen LogP contribution >= 0.6 is 46.0 Å². The summed E-state index contributed by atoms with van der Waals surface area (Å²) in [5, 5.41) is 7.05. The second-order valence-electron chi connectivity index (χ2n) is 7.45. The maximum absolute atomic E-state index is 5.73. The predicted octanol–water partition coefficient (Wildman–Crippen LogP) is 7.70. The summed E-state index contributed by atoms with van der Waals surface area (Å²) in [5.74, 6) is 0. The highest BCUT2D eigenvalue weighted by atomic mass is 33.1. The van der Waals surface area contributed by atoms with Gasteiger partial charge in [0.1, 0.15) is 20.7 Å². The summed E-state index contributed by atoms with van der Waals surface area (Å²) in [4.78, 5) is 1.46. The van der Waals surface area contributed by atoms with E-state index >= 15 is 0 Å². The van der Waals surface area contributed by atoms with Gasteiger partial charge < -0.3 is 10.6 Å². The van der Waals surface area contributed by atoms with Gasteiger partial charge in [-0.2, -0.15) is 0 Å². The Labute approximate surface area is 220 Å². The van der Waals surface area contributed by atoms with Crippen molar-refractivity contribution in [2.75, 3.05) is 0 Å². The van der Waals surface area contributed by atoms with Crippen LogP contribution in [-0.2, 0) is 0 Å². The van der Waals surface area contributed by atoms with Crippen molar-refractivity contribution in [3.63, 3.8) is 0 Å². The molecule has 0 amide bonds. The van der Waals surface area contributed by atoms with Gasteiger partial charge in [0.15, 0.2) is 0 Å². The fraction of sp³-hybridized carbons (Fsp3) is 0.0714. The normalized spacial score (nSPS) is 12.4. The number of hydrogen-bond donors (Lipinski definition) is 2. The topological polar surface area (TPSA) is 24.1 Å². The van der Waals surface area contributed by atoms with Gasteiger partial charge in [0, 0.05) is 11.1 Å². The van der Waals surface area contributed by atoms with Crippen molar-refractivity contribution < 1.29 is 0 Å². The van der Waals surface area contributed by atoms with Crippen LogP contribution < -0.4 is 10.6 Å². The molecule has 0 saturated carbocycles. The van der Waals surface area contributed by atoms with E-state index in [4.69, 9.17) is 24.4 Å². The average Bonchev–Trinajstić information content (AvgIpc) is 2.92. The summed E-state index contributed by atoms with van der Waals surface area (Å²) in [6.07, 6.45) is 0. The Morgan fingerprint density at radius 2 is 0.765 bits per heavy atom. The molecule has 0 heterocycles. The summed E-state index contributed by atoms with van der Waals surface area (Å²) in [6, 6.07) is 40.9. The Hall–Kier alpha value is -2.64. The molecule has 2 atom stereocenters. The Bertz CT molecular complexity index is 1090. The standard InChI is InChI=1S/C28H24N2S4/c31-25(21-13-5-1-6-14-21)29-27(23-17-9-3-10-18-23)33-34-28(24-19-11-4-12-20-24)30-26(32)22-15-7-2-8-16-22/h1-20,27-28H,(H,29,31)(H,30,32). The van der Waals surface area contributed by atoms with E-state index < -0.39 is 0 Å². The molecule has 0 radical (unpaired) electrons. The third-order valence-corrected chi connectivity index (χ3v) is 8.52. The molecule has 0 bridgehead atoms. The second-order valence-corrected chi connectivity index (χ2v) is 10.8. The molecule has 4 aromatic carbocycles. The molecule has 0 spiro atoms. The van der Waals surface area contributed by atoms with Crippen LogP contribution in [0.3, 0.4) is 0 Å². The minimum absolute atomic E-state index is 0.0304. The third kappa shape index (κ3) is 6.93. The molecule has 0 aromatic heterocycles. The molecular weight excluding hydrogens is 493 g/mol. The zero-order valence-corrected chi connectivity index (χ0v) is 21.6. The molecule has 0 aliphatic carbocycles. The Kier molecular flexibility index (Phi) is 9.16. The minimum atomic E-state index is -0.0304. The van der Waals surface area contributed by atoms with E-state index in [1.54, 1.807) is 21.6 Å². The first-order valence-electron chi connectivity index (χ1n) is 10.8. The van der Waals surface area contributed by atoms with Crippen LogP contribution in [-0.4, -0.2) is 9.98 Å². The van der Waals surface area contributed by atoms with E-state index in [9.17, 15) is 0 Å². The van der Waals surface area contributed by atoms with Crippen LogP contribution in [0.5, 0.6) is 0 Å². The molecule has 2 unspecified atom stereocenters. The summed E-state index contributed by atoms with van der Waals surface area (Å²) in [5.41, 5.74) is 4.34. The highest BCUT2D eigenvalue weighted by molar-refractivity contribution is 8.76. The molecule has 170 valence electrons. The average molecular weight is 517 g/mol. The first-order chi connectivity index (χ1) is 16.7. The van der Waals surface area contributed by atoms with Crippen LogP contribution in [0.4, 0.5) is 0 Å². The van der Waals surface area contributed by atoms with Gasteiger partial charge in [-0.15, -0.1) is 0 Å². The number of benzene rings is 4. The zero-order chi connectivity index (χ0) is 23.6. The first-order valence-corrected chi connectivity index (χ1v) is 13.9. The van der Waals surface area contributed by atoms with Gasteiger partial charge in [-0.05, 0) is 11.1 Å². The Morgan fingerprint density at radius 3 is 1.09 bits per heavy atom.